The van der Waals surface area contributed by atoms with E-state index >= 15 is 0 Å². The summed E-state index contributed by atoms with van der Waals surface area (Å²) in [7, 11) is -2.43. The van der Waals surface area contributed by atoms with Gasteiger partial charge in [0.2, 0.25) is 0 Å². The molecule has 1 unspecified atom stereocenters. The lowest BCUT2D eigenvalue weighted by Gasteiger charge is -2.18. The standard InChI is InChI=1S/C29H35N2O7P/c1-6-23-18(4)25-16-37-29(34)26(25)27(32)24(23)11-8-17(3)15-31(19(5)28(33)36-7-2)39(35)38-22-10-9-20-13-30-14-21(20)12-22/h8-10,12,19,30H,6-7,11,13-16H2,1-5H3/p+1/t19-/m0/s1. The molecular weight excluding hydrogens is 519 g/mol. The van der Waals surface area contributed by atoms with Gasteiger partial charge in [-0.25, -0.2) is 9.32 Å². The van der Waals surface area contributed by atoms with E-state index in [4.69, 9.17) is 14.0 Å². The summed E-state index contributed by atoms with van der Waals surface area (Å²) in [6.45, 7) is 11.3. The van der Waals surface area contributed by atoms with Crippen LogP contribution in [-0.4, -0.2) is 40.9 Å². The number of fused-ring (bicyclic) bond motifs is 2. The highest BCUT2D eigenvalue weighted by Crippen LogP contribution is 2.39. The van der Waals surface area contributed by atoms with Crippen LogP contribution in [0.2, 0.25) is 0 Å². The largest absolute Gasteiger partial charge is 0.667 e. The third-order valence-corrected chi connectivity index (χ3v) is 8.62. The number of nitrogens with zero attached hydrogens (tertiary/aromatic N) is 1. The van der Waals surface area contributed by atoms with Crippen LogP contribution in [0.3, 0.4) is 0 Å². The first-order valence-corrected chi connectivity index (χ1v) is 14.4. The molecule has 0 fully saturated rings. The Labute approximate surface area is 230 Å². The van der Waals surface area contributed by atoms with E-state index in [1.165, 1.54) is 10.2 Å². The van der Waals surface area contributed by atoms with Crippen molar-refractivity contribution in [2.24, 2.45) is 0 Å². The maximum absolute atomic E-state index is 13.4. The van der Waals surface area contributed by atoms with Crippen molar-refractivity contribution in [2.75, 3.05) is 13.2 Å². The van der Waals surface area contributed by atoms with E-state index in [1.807, 2.05) is 39.0 Å². The first-order valence-electron chi connectivity index (χ1n) is 13.3. The number of hydrogen-bond donors (Lipinski definition) is 2. The summed E-state index contributed by atoms with van der Waals surface area (Å²) in [4.78, 5) is 24.9. The van der Waals surface area contributed by atoms with Gasteiger partial charge in [-0.1, -0.05) is 24.6 Å². The highest BCUT2D eigenvalue weighted by atomic mass is 31.1. The lowest BCUT2D eigenvalue weighted by Crippen LogP contribution is -2.37. The van der Waals surface area contributed by atoms with Gasteiger partial charge in [0.15, 0.2) is 11.8 Å². The van der Waals surface area contributed by atoms with Gasteiger partial charge in [0, 0.05) is 28.8 Å². The maximum atomic E-state index is 13.4. The summed E-state index contributed by atoms with van der Waals surface area (Å²) in [6, 6.07) is 4.79. The van der Waals surface area contributed by atoms with Crippen LogP contribution in [0, 0.1) is 6.92 Å². The number of ether oxygens (including phenoxy) is 2. The molecule has 0 aliphatic carbocycles. The molecule has 0 saturated carbocycles. The summed E-state index contributed by atoms with van der Waals surface area (Å²) in [5.41, 5.74) is 6.67. The predicted molar refractivity (Wildman–Crippen MR) is 147 cm³/mol. The summed E-state index contributed by atoms with van der Waals surface area (Å²) >= 11 is 0. The van der Waals surface area contributed by atoms with Gasteiger partial charge in [-0.05, 0) is 79.6 Å². The van der Waals surface area contributed by atoms with Crippen LogP contribution in [0.5, 0.6) is 11.5 Å². The molecule has 0 bridgehead atoms. The number of rotatable bonds is 11. The SMILES string of the molecule is CCOC(=O)[C@H](C)N(CC(C)=CCc1c(O)c2c(c(C)c1CC)COC2=O)[P+](=O)Oc1ccc2c(c1)CNC2. The predicted octanol–water partition coefficient (Wildman–Crippen LogP) is 5.02. The Balaban J connectivity index is 1.57. The maximum Gasteiger partial charge on any atom is 0.667 e. The third-order valence-electron chi connectivity index (χ3n) is 7.34. The first kappa shape index (κ1) is 28.7. The number of aromatic hydroxyl groups is 1. The number of carbonyl (C=O) groups excluding carboxylic acids is 2. The second kappa shape index (κ2) is 12.3. The van der Waals surface area contributed by atoms with Gasteiger partial charge in [0.1, 0.15) is 17.9 Å². The van der Waals surface area contributed by atoms with Gasteiger partial charge >= 0.3 is 20.1 Å². The average molecular weight is 556 g/mol. The lowest BCUT2D eigenvalue weighted by molar-refractivity contribution is -0.147. The molecule has 2 aromatic rings. The summed E-state index contributed by atoms with van der Waals surface area (Å²) < 4.78 is 31.1. The van der Waals surface area contributed by atoms with Crippen molar-refractivity contribution in [2.45, 2.75) is 73.2 Å². The summed E-state index contributed by atoms with van der Waals surface area (Å²) in [5.74, 6) is -0.578. The Morgan fingerprint density at radius 2 is 2.00 bits per heavy atom. The van der Waals surface area contributed by atoms with Gasteiger partial charge in [0.25, 0.3) is 0 Å². The van der Waals surface area contributed by atoms with Crippen molar-refractivity contribution in [1.29, 1.82) is 0 Å². The van der Waals surface area contributed by atoms with Crippen molar-refractivity contribution in [3.05, 3.63) is 68.8 Å². The second-order valence-electron chi connectivity index (χ2n) is 9.86. The van der Waals surface area contributed by atoms with Crippen molar-refractivity contribution < 1.29 is 33.3 Å². The van der Waals surface area contributed by atoms with E-state index in [2.05, 4.69) is 5.32 Å². The molecule has 10 heteroatoms. The van der Waals surface area contributed by atoms with Gasteiger partial charge in [0.05, 0.1) is 13.2 Å². The van der Waals surface area contributed by atoms with Crippen LogP contribution in [0.1, 0.15) is 71.4 Å². The minimum absolute atomic E-state index is 0.0451. The molecule has 0 spiro atoms. The van der Waals surface area contributed by atoms with E-state index in [9.17, 15) is 19.3 Å². The number of benzene rings is 2. The molecule has 0 amide bonds. The Hall–Kier alpha value is -3.26. The van der Waals surface area contributed by atoms with Crippen LogP contribution in [0.4, 0.5) is 0 Å². The Morgan fingerprint density at radius 3 is 2.72 bits per heavy atom. The number of hydrogen-bond acceptors (Lipinski definition) is 8. The van der Waals surface area contributed by atoms with E-state index in [0.717, 1.165) is 40.9 Å². The molecule has 0 aromatic heterocycles. The number of nitrogens with one attached hydrogen (secondary N) is 1. The number of cyclic esters (lactones) is 1. The highest BCUT2D eigenvalue weighted by molar-refractivity contribution is 7.36. The number of phenols is 1. The van der Waals surface area contributed by atoms with Crippen molar-refractivity contribution >= 4 is 20.1 Å². The van der Waals surface area contributed by atoms with E-state index < -0.39 is 26.2 Å². The zero-order chi connectivity index (χ0) is 28.3. The minimum atomic E-state index is -2.43. The van der Waals surface area contributed by atoms with E-state index in [0.29, 0.717) is 24.2 Å². The summed E-state index contributed by atoms with van der Waals surface area (Å²) in [6.07, 6.45) is 2.96. The molecule has 9 nitrogen and oxygen atoms in total. The topological polar surface area (TPSA) is 114 Å². The quantitative estimate of drug-likeness (QED) is 0.224. The van der Waals surface area contributed by atoms with Gasteiger partial charge in [-0.2, -0.15) is 0 Å². The first-order chi connectivity index (χ1) is 18.7. The van der Waals surface area contributed by atoms with Crippen LogP contribution in [-0.2, 0) is 51.4 Å². The van der Waals surface area contributed by atoms with Gasteiger partial charge in [-0.3, -0.25) is 4.79 Å². The molecule has 208 valence electrons. The zero-order valence-corrected chi connectivity index (χ0v) is 24.0. The highest BCUT2D eigenvalue weighted by Gasteiger charge is 2.41. The van der Waals surface area contributed by atoms with Crippen molar-refractivity contribution in [3.63, 3.8) is 0 Å². The molecule has 2 aromatic carbocycles. The Bertz CT molecular complexity index is 1340. The molecule has 0 saturated heterocycles. The molecule has 2 atom stereocenters. The van der Waals surface area contributed by atoms with Crippen molar-refractivity contribution in [1.82, 2.24) is 9.99 Å². The van der Waals surface area contributed by atoms with Crippen LogP contribution in [0.25, 0.3) is 0 Å². The third kappa shape index (κ3) is 6.01. The number of allylic oxidation sites excluding steroid dienone is 1. The number of carbonyl (C=O) groups is 2. The second-order valence-corrected chi connectivity index (χ2v) is 11.0. The zero-order valence-electron chi connectivity index (χ0n) is 23.1. The molecule has 4 rings (SSSR count). The van der Waals surface area contributed by atoms with E-state index in [-0.39, 0.29) is 31.1 Å². The minimum Gasteiger partial charge on any atom is -0.507 e. The fraction of sp³-hybridized carbons (Fsp3) is 0.448. The van der Waals surface area contributed by atoms with Crippen LogP contribution >= 0.6 is 8.18 Å². The Kier molecular flexibility index (Phi) is 9.05. The monoisotopic (exact) mass is 555 g/mol. The molecule has 2 aliphatic rings. The fourth-order valence-corrected chi connectivity index (χ4v) is 6.24. The van der Waals surface area contributed by atoms with Gasteiger partial charge in [-0.15, -0.1) is 0 Å². The molecule has 2 aliphatic heterocycles. The number of phenolic OH excluding ortho intramolecular Hbond substituents is 1. The fourth-order valence-electron chi connectivity index (χ4n) is 5.13. The summed E-state index contributed by atoms with van der Waals surface area (Å²) in [5, 5.41) is 14.2. The molecule has 2 N–H and O–H groups in total. The smallest absolute Gasteiger partial charge is 0.507 e. The van der Waals surface area contributed by atoms with Crippen LogP contribution < -0.4 is 9.84 Å². The lowest BCUT2D eigenvalue weighted by atomic mass is 9.89. The van der Waals surface area contributed by atoms with Crippen molar-refractivity contribution in [3.8, 4) is 11.5 Å². The number of esters is 2. The Morgan fingerprint density at radius 1 is 1.26 bits per heavy atom. The van der Waals surface area contributed by atoms with Gasteiger partial charge < -0.3 is 19.9 Å². The molecule has 39 heavy (non-hydrogen) atoms. The normalized spacial score (nSPS) is 15.6. The van der Waals surface area contributed by atoms with Crippen LogP contribution in [0.15, 0.2) is 29.8 Å². The molecular formula is C29H36N2O7P+. The van der Waals surface area contributed by atoms with E-state index in [1.54, 1.807) is 19.9 Å². The average Bonchev–Trinajstić information content (AvgIpc) is 3.54. The molecule has 0 radical (unpaired) electrons. The molecule has 2 heterocycles.